The number of carbonyl (C=O) groups is 1. The number of benzene rings is 3. The number of rotatable bonds is 9. The number of nitrogens with zero attached hydrogens (tertiary/aromatic N) is 4. The Kier molecular flexibility index (Phi) is 8.78. The van der Waals surface area contributed by atoms with Gasteiger partial charge in [-0.05, 0) is 54.2 Å². The van der Waals surface area contributed by atoms with Gasteiger partial charge in [0.2, 0.25) is 0 Å². The maximum Gasteiger partial charge on any atom is 0.423 e. The first-order valence-electron chi connectivity index (χ1n) is 14.5. The second-order valence-corrected chi connectivity index (χ2v) is 11.3. The Morgan fingerprint density at radius 1 is 0.927 bits per heavy atom. The molecule has 1 aromatic heterocycles. The summed E-state index contributed by atoms with van der Waals surface area (Å²) < 4.78 is 12.8. The van der Waals surface area contributed by atoms with Gasteiger partial charge in [-0.25, -0.2) is 14.2 Å². The summed E-state index contributed by atoms with van der Waals surface area (Å²) in [5.41, 5.74) is 5.79. The van der Waals surface area contributed by atoms with Crippen LogP contribution in [0.3, 0.4) is 0 Å². The number of para-hydroxylation sites is 1. The summed E-state index contributed by atoms with van der Waals surface area (Å²) in [6.45, 7) is 10.8. The van der Waals surface area contributed by atoms with Crippen LogP contribution in [0.4, 0.5) is 10.5 Å². The molecule has 1 unspecified atom stereocenters. The molecule has 1 aliphatic heterocycles. The first kappa shape index (κ1) is 28.5. The number of oxazole rings is 1. The van der Waals surface area contributed by atoms with Gasteiger partial charge in [0, 0.05) is 46.3 Å². The second-order valence-electron chi connectivity index (χ2n) is 11.3. The van der Waals surface area contributed by atoms with E-state index in [0.717, 1.165) is 44.8 Å². The van der Waals surface area contributed by atoms with E-state index in [1.165, 1.54) is 21.3 Å². The Labute approximate surface area is 241 Å². The van der Waals surface area contributed by atoms with E-state index in [2.05, 4.69) is 72.2 Å². The van der Waals surface area contributed by atoms with Crippen molar-refractivity contribution in [2.24, 2.45) is 5.92 Å². The second kappa shape index (κ2) is 12.6. The minimum atomic E-state index is -0.795. The van der Waals surface area contributed by atoms with Gasteiger partial charge in [0.25, 0.3) is 0 Å². The molecular formula is C33H40N4O4. The highest BCUT2D eigenvalue weighted by Crippen LogP contribution is 2.29. The molecule has 41 heavy (non-hydrogen) atoms. The van der Waals surface area contributed by atoms with Crippen molar-refractivity contribution in [1.82, 2.24) is 14.4 Å². The number of hydrogen-bond acceptors (Lipinski definition) is 6. The standard InChI is InChI=1S/C33H40N4O4/c1-24(2)16-17-34(4)32(38)40-25(3)37-30-15-9-14-29(31(30)41-33(37)39)36-20-18-35(19-21-36)23-26-10-8-13-28(22-26)27-11-6-5-7-12-27/h5-15,22,24-25H,16-21,23H2,1-4H3. The quantitative estimate of drug-likeness (QED) is 0.244. The summed E-state index contributed by atoms with van der Waals surface area (Å²) in [5, 5.41) is 0. The number of aromatic nitrogens is 1. The molecule has 1 fully saturated rings. The van der Waals surface area contributed by atoms with Gasteiger partial charge in [-0.3, -0.25) is 4.90 Å². The van der Waals surface area contributed by atoms with Gasteiger partial charge in [-0.2, -0.15) is 0 Å². The monoisotopic (exact) mass is 556 g/mol. The van der Waals surface area contributed by atoms with Gasteiger partial charge >= 0.3 is 11.8 Å². The zero-order chi connectivity index (χ0) is 28.9. The van der Waals surface area contributed by atoms with Crippen LogP contribution < -0.4 is 10.7 Å². The van der Waals surface area contributed by atoms with E-state index >= 15 is 0 Å². The van der Waals surface area contributed by atoms with E-state index in [4.69, 9.17) is 9.15 Å². The predicted octanol–water partition coefficient (Wildman–Crippen LogP) is 6.22. The summed E-state index contributed by atoms with van der Waals surface area (Å²) in [6.07, 6.45) is -0.372. The molecule has 2 heterocycles. The molecule has 3 aromatic carbocycles. The molecule has 1 atom stereocenters. The van der Waals surface area contributed by atoms with Crippen LogP contribution in [0.1, 0.15) is 39.0 Å². The van der Waals surface area contributed by atoms with Gasteiger partial charge in [-0.1, -0.05) is 68.4 Å². The Morgan fingerprint density at radius 2 is 1.63 bits per heavy atom. The number of ether oxygens (including phenoxy) is 1. The lowest BCUT2D eigenvalue weighted by Crippen LogP contribution is -2.46. The van der Waals surface area contributed by atoms with Crippen molar-refractivity contribution in [2.45, 2.75) is 40.0 Å². The fraction of sp³-hybridized carbons (Fsp3) is 0.394. The van der Waals surface area contributed by atoms with Crippen LogP contribution in [0.2, 0.25) is 0 Å². The molecular weight excluding hydrogens is 516 g/mol. The summed E-state index contributed by atoms with van der Waals surface area (Å²) >= 11 is 0. The van der Waals surface area contributed by atoms with E-state index < -0.39 is 18.1 Å². The smallest absolute Gasteiger partial charge is 0.423 e. The van der Waals surface area contributed by atoms with Gasteiger partial charge in [0.1, 0.15) is 0 Å². The van der Waals surface area contributed by atoms with E-state index in [0.29, 0.717) is 23.6 Å². The molecule has 216 valence electrons. The Morgan fingerprint density at radius 3 is 2.37 bits per heavy atom. The highest BCUT2D eigenvalue weighted by atomic mass is 16.6. The Balaban J connectivity index is 1.24. The largest absolute Gasteiger partial charge is 0.425 e. The third kappa shape index (κ3) is 6.65. The number of hydrogen-bond donors (Lipinski definition) is 0. The van der Waals surface area contributed by atoms with E-state index in [9.17, 15) is 9.59 Å². The summed E-state index contributed by atoms with van der Waals surface area (Å²) in [5.74, 6) is -0.0521. The number of amides is 1. The fourth-order valence-corrected chi connectivity index (χ4v) is 5.35. The van der Waals surface area contributed by atoms with Gasteiger partial charge in [-0.15, -0.1) is 0 Å². The maximum absolute atomic E-state index is 12.9. The van der Waals surface area contributed by atoms with Crippen LogP contribution in [-0.4, -0.2) is 60.2 Å². The first-order chi connectivity index (χ1) is 19.8. The molecule has 1 amide bonds. The molecule has 0 saturated carbocycles. The lowest BCUT2D eigenvalue weighted by atomic mass is 10.0. The van der Waals surface area contributed by atoms with E-state index in [1.54, 1.807) is 18.9 Å². The number of anilines is 1. The van der Waals surface area contributed by atoms with Crippen molar-refractivity contribution in [3.05, 3.63) is 88.9 Å². The first-order valence-corrected chi connectivity index (χ1v) is 14.5. The van der Waals surface area contributed by atoms with Crippen molar-refractivity contribution in [1.29, 1.82) is 0 Å². The van der Waals surface area contributed by atoms with Crippen LogP contribution in [0.5, 0.6) is 0 Å². The van der Waals surface area contributed by atoms with Gasteiger partial charge in [0.05, 0.1) is 11.2 Å². The fourth-order valence-electron chi connectivity index (χ4n) is 5.35. The molecule has 0 N–H and O–H groups in total. The topological polar surface area (TPSA) is 71.2 Å². The molecule has 0 aliphatic carbocycles. The highest BCUT2D eigenvalue weighted by Gasteiger charge is 2.25. The van der Waals surface area contributed by atoms with E-state index in [-0.39, 0.29) is 0 Å². The summed E-state index contributed by atoms with van der Waals surface area (Å²) in [6, 6.07) is 25.0. The van der Waals surface area contributed by atoms with Crippen molar-refractivity contribution >= 4 is 22.9 Å². The molecule has 1 aliphatic rings. The number of fused-ring (bicyclic) bond motifs is 1. The highest BCUT2D eigenvalue weighted by molar-refractivity contribution is 5.87. The van der Waals surface area contributed by atoms with Crippen LogP contribution in [0.25, 0.3) is 22.2 Å². The van der Waals surface area contributed by atoms with Crippen LogP contribution in [-0.2, 0) is 11.3 Å². The zero-order valence-corrected chi connectivity index (χ0v) is 24.5. The zero-order valence-electron chi connectivity index (χ0n) is 24.5. The summed E-state index contributed by atoms with van der Waals surface area (Å²) in [7, 11) is 1.71. The average molecular weight is 557 g/mol. The predicted molar refractivity (Wildman–Crippen MR) is 163 cm³/mol. The molecule has 8 heteroatoms. The third-order valence-electron chi connectivity index (χ3n) is 7.76. The van der Waals surface area contributed by atoms with Gasteiger partial charge in [0.15, 0.2) is 11.8 Å². The van der Waals surface area contributed by atoms with Crippen molar-refractivity contribution in [3.8, 4) is 11.1 Å². The van der Waals surface area contributed by atoms with Crippen molar-refractivity contribution < 1.29 is 13.9 Å². The summed E-state index contributed by atoms with van der Waals surface area (Å²) in [4.78, 5) is 31.8. The molecule has 0 bridgehead atoms. The molecule has 1 saturated heterocycles. The molecule has 4 aromatic rings. The Hall–Kier alpha value is -4.04. The number of piperazine rings is 1. The third-order valence-corrected chi connectivity index (χ3v) is 7.76. The molecule has 5 rings (SSSR count). The maximum atomic E-state index is 12.9. The number of carbonyl (C=O) groups excluding carboxylic acids is 1. The van der Waals surface area contributed by atoms with Gasteiger partial charge < -0.3 is 19.0 Å². The van der Waals surface area contributed by atoms with Crippen molar-refractivity contribution in [2.75, 3.05) is 44.7 Å². The average Bonchev–Trinajstić information content (AvgIpc) is 3.32. The minimum Gasteiger partial charge on any atom is -0.425 e. The van der Waals surface area contributed by atoms with Crippen LogP contribution >= 0.6 is 0 Å². The minimum absolute atomic E-state index is 0.457. The van der Waals surface area contributed by atoms with Crippen molar-refractivity contribution in [3.63, 3.8) is 0 Å². The molecule has 8 nitrogen and oxygen atoms in total. The molecule has 0 radical (unpaired) electrons. The molecule has 0 spiro atoms. The SMILES string of the molecule is CC(C)CCN(C)C(=O)OC(C)n1c(=O)oc2c(N3CCN(Cc4cccc(-c5ccccc5)c4)CC3)cccc21. The lowest BCUT2D eigenvalue weighted by molar-refractivity contribution is 0.0415. The van der Waals surface area contributed by atoms with Crippen LogP contribution in [0.15, 0.2) is 82.0 Å². The normalized spacial score (nSPS) is 14.9. The van der Waals surface area contributed by atoms with E-state index in [1.807, 2.05) is 24.3 Å². The lowest BCUT2D eigenvalue weighted by Gasteiger charge is -2.36. The Bertz CT molecular complexity index is 1520. The van der Waals surface area contributed by atoms with Crippen LogP contribution in [0, 0.1) is 5.92 Å².